The molecule has 16 heteroatoms. The fraction of sp³-hybridized carbons (Fsp3) is 0.667. The maximum atomic E-state index is 13.1. The van der Waals surface area contributed by atoms with Crippen LogP contribution in [0.4, 0.5) is 0 Å². The highest BCUT2D eigenvalue weighted by atomic mass is 16.4. The average molecular weight is 531 g/mol. The zero-order chi connectivity index (χ0) is 28.7. The highest BCUT2D eigenvalue weighted by molar-refractivity contribution is 5.95. The molecule has 0 fully saturated rings. The highest BCUT2D eigenvalue weighted by Crippen LogP contribution is 2.08. The smallest absolute Gasteiger partial charge is 0.326 e. The minimum atomic E-state index is -1.62. The molecular formula is C21H38N8O8. The second-order valence-electron chi connectivity index (χ2n) is 8.81. The largest absolute Gasteiger partial charge is 0.481 e. The van der Waals surface area contributed by atoms with Gasteiger partial charge in [0.05, 0.1) is 12.5 Å². The quantitative estimate of drug-likeness (QED) is 0.0480. The lowest BCUT2D eigenvalue weighted by Gasteiger charge is -2.26. The SMILES string of the molecule is CC(C)CC(NC(=O)C(N)CCC(=O)O)C(=O)NC(CCCN=C(N)N)C(=O)NC(CC(N)=O)C(=O)O. The fourth-order valence-electron chi connectivity index (χ4n) is 3.11. The van der Waals surface area contributed by atoms with Gasteiger partial charge in [0, 0.05) is 13.0 Å². The van der Waals surface area contributed by atoms with Gasteiger partial charge in [0.2, 0.25) is 23.6 Å². The molecule has 0 spiro atoms. The first-order chi connectivity index (χ1) is 17.1. The van der Waals surface area contributed by atoms with Crippen LogP contribution < -0.4 is 38.9 Å². The van der Waals surface area contributed by atoms with Crippen molar-refractivity contribution in [2.24, 2.45) is 33.8 Å². The monoisotopic (exact) mass is 530 g/mol. The Morgan fingerprint density at radius 2 is 1.35 bits per heavy atom. The summed E-state index contributed by atoms with van der Waals surface area (Å²) < 4.78 is 0. The van der Waals surface area contributed by atoms with Gasteiger partial charge in [-0.1, -0.05) is 13.8 Å². The predicted molar refractivity (Wildman–Crippen MR) is 131 cm³/mol. The van der Waals surface area contributed by atoms with Crippen molar-refractivity contribution in [3.63, 3.8) is 0 Å². The summed E-state index contributed by atoms with van der Waals surface area (Å²) in [5.74, 6) is -6.26. The van der Waals surface area contributed by atoms with Gasteiger partial charge in [-0.2, -0.15) is 0 Å². The molecule has 0 rings (SSSR count). The molecular weight excluding hydrogens is 492 g/mol. The second kappa shape index (κ2) is 16.7. The Morgan fingerprint density at radius 3 is 1.84 bits per heavy atom. The summed E-state index contributed by atoms with van der Waals surface area (Å²) in [6.45, 7) is 3.69. The Labute approximate surface area is 214 Å². The first kappa shape index (κ1) is 33.0. The molecule has 13 N–H and O–H groups in total. The van der Waals surface area contributed by atoms with E-state index in [1.165, 1.54) is 0 Å². The van der Waals surface area contributed by atoms with E-state index in [2.05, 4.69) is 20.9 Å². The summed E-state index contributed by atoms with van der Waals surface area (Å²) in [6.07, 6.45) is -0.809. The zero-order valence-electron chi connectivity index (χ0n) is 20.9. The van der Waals surface area contributed by atoms with Crippen LogP contribution in [-0.4, -0.2) is 82.5 Å². The molecule has 0 heterocycles. The molecule has 0 aromatic carbocycles. The highest BCUT2D eigenvalue weighted by Gasteiger charge is 2.31. The van der Waals surface area contributed by atoms with Gasteiger partial charge in [0.1, 0.15) is 18.1 Å². The number of primary amides is 1. The molecule has 0 aliphatic rings. The van der Waals surface area contributed by atoms with Gasteiger partial charge < -0.3 is 49.1 Å². The van der Waals surface area contributed by atoms with Crippen molar-refractivity contribution in [3.05, 3.63) is 0 Å². The Hall–Kier alpha value is -3.95. The lowest BCUT2D eigenvalue weighted by atomic mass is 10.0. The van der Waals surface area contributed by atoms with E-state index in [-0.39, 0.29) is 50.5 Å². The number of nitrogens with one attached hydrogen (secondary N) is 3. The first-order valence-electron chi connectivity index (χ1n) is 11.6. The molecule has 0 aliphatic heterocycles. The predicted octanol–water partition coefficient (Wildman–Crippen LogP) is -3.31. The molecule has 0 aromatic rings. The van der Waals surface area contributed by atoms with Crippen molar-refractivity contribution in [1.29, 1.82) is 0 Å². The molecule has 0 saturated carbocycles. The van der Waals surface area contributed by atoms with Crippen LogP contribution in [0.2, 0.25) is 0 Å². The van der Waals surface area contributed by atoms with Crippen LogP contribution in [0.15, 0.2) is 4.99 Å². The van der Waals surface area contributed by atoms with E-state index < -0.39 is 66.2 Å². The number of aliphatic carboxylic acids is 2. The minimum absolute atomic E-state index is 0.0161. The number of hydrogen-bond acceptors (Lipinski definition) is 8. The third-order valence-electron chi connectivity index (χ3n) is 4.94. The van der Waals surface area contributed by atoms with Gasteiger partial charge in [-0.3, -0.25) is 29.0 Å². The molecule has 0 saturated heterocycles. The van der Waals surface area contributed by atoms with E-state index in [0.717, 1.165) is 0 Å². The van der Waals surface area contributed by atoms with E-state index in [4.69, 9.17) is 28.0 Å². The van der Waals surface area contributed by atoms with Gasteiger partial charge in [0.15, 0.2) is 5.96 Å². The third kappa shape index (κ3) is 14.9. The molecule has 4 atom stereocenters. The minimum Gasteiger partial charge on any atom is -0.481 e. The lowest BCUT2D eigenvalue weighted by molar-refractivity contribution is -0.144. The van der Waals surface area contributed by atoms with Crippen molar-refractivity contribution in [1.82, 2.24) is 16.0 Å². The number of carbonyl (C=O) groups excluding carboxylic acids is 4. The second-order valence-corrected chi connectivity index (χ2v) is 8.81. The maximum Gasteiger partial charge on any atom is 0.326 e. The van der Waals surface area contributed by atoms with Crippen LogP contribution in [0, 0.1) is 5.92 Å². The van der Waals surface area contributed by atoms with E-state index in [0.29, 0.717) is 0 Å². The van der Waals surface area contributed by atoms with Crippen molar-refractivity contribution < 1.29 is 39.0 Å². The summed E-state index contributed by atoms with van der Waals surface area (Å²) in [5.41, 5.74) is 21.3. The van der Waals surface area contributed by atoms with Crippen LogP contribution in [-0.2, 0) is 28.8 Å². The average Bonchev–Trinajstić information content (AvgIpc) is 2.77. The van der Waals surface area contributed by atoms with E-state index in [1.807, 2.05) is 0 Å². The molecule has 4 unspecified atom stereocenters. The number of carboxylic acid groups (broad SMARTS) is 2. The Balaban J connectivity index is 5.64. The van der Waals surface area contributed by atoms with Crippen molar-refractivity contribution >= 4 is 41.5 Å². The fourth-order valence-corrected chi connectivity index (χ4v) is 3.11. The van der Waals surface area contributed by atoms with Gasteiger partial charge in [-0.25, -0.2) is 4.79 Å². The number of guanidine groups is 1. The number of carbonyl (C=O) groups is 6. The summed E-state index contributed by atoms with van der Waals surface area (Å²) in [4.78, 5) is 75.4. The van der Waals surface area contributed by atoms with Crippen LogP contribution in [0.1, 0.15) is 52.4 Å². The van der Waals surface area contributed by atoms with Crippen molar-refractivity contribution in [2.75, 3.05) is 6.54 Å². The third-order valence-corrected chi connectivity index (χ3v) is 4.94. The normalized spacial score (nSPS) is 13.9. The molecule has 4 amide bonds. The van der Waals surface area contributed by atoms with E-state index in [9.17, 15) is 33.9 Å². The van der Waals surface area contributed by atoms with E-state index in [1.54, 1.807) is 13.8 Å². The van der Waals surface area contributed by atoms with Crippen molar-refractivity contribution in [3.8, 4) is 0 Å². The Kier molecular flexibility index (Phi) is 14.9. The van der Waals surface area contributed by atoms with Gasteiger partial charge in [0.25, 0.3) is 0 Å². The number of nitrogens with zero attached hydrogens (tertiary/aromatic N) is 1. The number of hydrogen-bond donors (Lipinski definition) is 9. The molecule has 0 aliphatic carbocycles. The molecule has 37 heavy (non-hydrogen) atoms. The zero-order valence-corrected chi connectivity index (χ0v) is 20.9. The molecule has 0 bridgehead atoms. The van der Waals surface area contributed by atoms with Crippen LogP contribution >= 0.6 is 0 Å². The number of rotatable bonds is 18. The summed E-state index contributed by atoms with van der Waals surface area (Å²) >= 11 is 0. The Morgan fingerprint density at radius 1 is 0.811 bits per heavy atom. The molecule has 210 valence electrons. The number of aliphatic imine (C=N–C) groups is 1. The molecule has 0 aromatic heterocycles. The van der Waals surface area contributed by atoms with Crippen LogP contribution in [0.5, 0.6) is 0 Å². The number of carboxylic acids is 2. The van der Waals surface area contributed by atoms with Crippen LogP contribution in [0.25, 0.3) is 0 Å². The number of amides is 4. The molecule has 16 nitrogen and oxygen atoms in total. The summed E-state index contributed by atoms with van der Waals surface area (Å²) in [6, 6.07) is -5.20. The summed E-state index contributed by atoms with van der Waals surface area (Å²) in [5, 5.41) is 25.2. The first-order valence-corrected chi connectivity index (χ1v) is 11.6. The van der Waals surface area contributed by atoms with Gasteiger partial charge >= 0.3 is 11.9 Å². The topological polar surface area (TPSA) is 295 Å². The van der Waals surface area contributed by atoms with E-state index >= 15 is 0 Å². The standard InChI is InChI=1S/C21H38N8O8/c1-10(2)8-13(28-17(33)11(22)5-6-16(31)32)19(35)27-12(4-3-7-26-21(24)25)18(34)29-14(20(36)37)9-15(23)30/h10-14H,3-9,22H2,1-2H3,(H2,23,30)(H,27,35)(H,28,33)(H,29,34)(H,31,32)(H,36,37)(H4,24,25,26). The maximum absolute atomic E-state index is 13.1. The van der Waals surface area contributed by atoms with Gasteiger partial charge in [-0.15, -0.1) is 0 Å². The van der Waals surface area contributed by atoms with Crippen molar-refractivity contribution in [2.45, 2.75) is 76.5 Å². The van der Waals surface area contributed by atoms with Crippen LogP contribution in [0.3, 0.4) is 0 Å². The van der Waals surface area contributed by atoms with Gasteiger partial charge in [-0.05, 0) is 31.6 Å². The lowest BCUT2D eigenvalue weighted by Crippen LogP contribution is -2.57. The number of nitrogens with two attached hydrogens (primary N) is 4. The Bertz CT molecular complexity index is 859. The summed E-state index contributed by atoms with van der Waals surface area (Å²) in [7, 11) is 0. The molecule has 0 radical (unpaired) electrons.